The van der Waals surface area contributed by atoms with Crippen LogP contribution in [-0.2, 0) is 6.42 Å². The number of hydrogen-bond donors (Lipinski definition) is 1. The molecule has 136 valence electrons. The molecular weight excluding hydrogens is 308 g/mol. The molecule has 6 atom stereocenters. The van der Waals surface area contributed by atoms with Gasteiger partial charge in [-0.25, -0.2) is 0 Å². The van der Waals surface area contributed by atoms with Crippen LogP contribution in [0, 0.1) is 22.7 Å². The van der Waals surface area contributed by atoms with E-state index < -0.39 is 0 Å². The molecule has 1 spiro atoms. The fourth-order valence-corrected chi connectivity index (χ4v) is 7.95. The van der Waals surface area contributed by atoms with Gasteiger partial charge in [0.1, 0.15) is 5.75 Å². The number of fused-ring (bicyclic) bond motifs is 3. The number of methoxy groups -OCH3 is 1. The summed E-state index contributed by atoms with van der Waals surface area (Å²) < 4.78 is 5.47. The normalized spacial score (nSPS) is 45.1. The van der Waals surface area contributed by atoms with Gasteiger partial charge in [0.2, 0.25) is 0 Å². The third kappa shape index (κ3) is 1.95. The molecule has 0 saturated heterocycles. The van der Waals surface area contributed by atoms with E-state index in [9.17, 15) is 5.11 Å². The van der Waals surface area contributed by atoms with Gasteiger partial charge in [-0.3, -0.25) is 0 Å². The number of aryl methyl sites for hydroxylation is 1. The summed E-state index contributed by atoms with van der Waals surface area (Å²) in [6, 6.07) is 6.79. The van der Waals surface area contributed by atoms with E-state index >= 15 is 0 Å². The molecule has 25 heavy (non-hydrogen) atoms. The number of hydrogen-bond acceptors (Lipinski definition) is 2. The van der Waals surface area contributed by atoms with Crippen LogP contribution in [0.1, 0.15) is 75.3 Å². The zero-order valence-corrected chi connectivity index (χ0v) is 15.8. The van der Waals surface area contributed by atoms with Gasteiger partial charge < -0.3 is 9.84 Å². The van der Waals surface area contributed by atoms with E-state index in [2.05, 4.69) is 25.1 Å². The van der Waals surface area contributed by atoms with Crippen molar-refractivity contribution in [2.45, 2.75) is 76.7 Å². The molecule has 0 unspecified atom stereocenters. The van der Waals surface area contributed by atoms with E-state index in [1.165, 1.54) is 56.9 Å². The van der Waals surface area contributed by atoms with Crippen LogP contribution in [0.4, 0.5) is 0 Å². The molecule has 1 N–H and O–H groups in total. The summed E-state index contributed by atoms with van der Waals surface area (Å²) in [4.78, 5) is 0. The van der Waals surface area contributed by atoms with Gasteiger partial charge in [-0.15, -0.1) is 0 Å². The van der Waals surface area contributed by atoms with Gasteiger partial charge in [0.15, 0.2) is 0 Å². The fraction of sp³-hybridized carbons (Fsp3) is 0.739. The van der Waals surface area contributed by atoms with Crippen molar-refractivity contribution in [2.24, 2.45) is 22.7 Å². The summed E-state index contributed by atoms with van der Waals surface area (Å²) in [6.45, 7) is 2.45. The molecule has 4 aliphatic rings. The summed E-state index contributed by atoms with van der Waals surface area (Å²) in [5, 5.41) is 11.0. The maximum atomic E-state index is 11.0. The van der Waals surface area contributed by atoms with E-state index in [1.54, 1.807) is 12.7 Å². The molecule has 0 radical (unpaired) electrons. The smallest absolute Gasteiger partial charge is 0.119 e. The molecule has 3 fully saturated rings. The minimum atomic E-state index is -0.0752. The van der Waals surface area contributed by atoms with Crippen LogP contribution >= 0.6 is 0 Å². The average molecular weight is 341 g/mol. The molecule has 0 amide bonds. The van der Waals surface area contributed by atoms with E-state index in [-0.39, 0.29) is 11.5 Å². The molecule has 0 bridgehead atoms. The molecule has 0 heterocycles. The van der Waals surface area contributed by atoms with Gasteiger partial charge in [-0.2, -0.15) is 0 Å². The van der Waals surface area contributed by atoms with Crippen LogP contribution in [0.2, 0.25) is 0 Å². The molecule has 5 rings (SSSR count). The minimum Gasteiger partial charge on any atom is -0.497 e. The summed E-state index contributed by atoms with van der Waals surface area (Å²) in [5.74, 6) is 3.24. The second-order valence-electron chi connectivity index (χ2n) is 9.51. The lowest BCUT2D eigenvalue weighted by molar-refractivity contribution is -0.126. The first-order valence-electron chi connectivity index (χ1n) is 10.4. The molecule has 2 heteroatoms. The Balaban J connectivity index is 1.60. The minimum absolute atomic E-state index is 0.0752. The van der Waals surface area contributed by atoms with Crippen LogP contribution in [-0.4, -0.2) is 18.3 Å². The maximum Gasteiger partial charge on any atom is 0.119 e. The van der Waals surface area contributed by atoms with Gasteiger partial charge in [0.25, 0.3) is 0 Å². The maximum absolute atomic E-state index is 11.0. The van der Waals surface area contributed by atoms with Crippen LogP contribution in [0.5, 0.6) is 5.75 Å². The second-order valence-corrected chi connectivity index (χ2v) is 9.51. The Labute approximate surface area is 152 Å². The van der Waals surface area contributed by atoms with Crippen molar-refractivity contribution in [1.82, 2.24) is 0 Å². The largest absolute Gasteiger partial charge is 0.497 e. The standard InChI is InChI=1S/C23H32O2/c1-22-12-10-19-18-8-7-17(25-2)13-15(18)6-9-20(19)23(22)11-4-3-5-16(23)14-21(22)24/h7-8,13,16,19-21,24H,3-6,9-12,14H2,1-2H3/t16-,19-,20-,21+,22-,23-/m1/s1. The average Bonchev–Trinajstić information content (AvgIpc) is 2.88. The SMILES string of the molecule is COc1ccc2c(c1)CC[C@@H]1[C@@H]2CC[C@]2(C)[C@@H](O)C[C@H]3CCCC[C@@]312. The molecule has 1 aromatic rings. The fourth-order valence-electron chi connectivity index (χ4n) is 7.95. The van der Waals surface area contributed by atoms with Crippen molar-refractivity contribution in [2.75, 3.05) is 7.11 Å². The van der Waals surface area contributed by atoms with Gasteiger partial charge in [-0.1, -0.05) is 25.8 Å². The van der Waals surface area contributed by atoms with Crippen LogP contribution < -0.4 is 4.74 Å². The van der Waals surface area contributed by atoms with E-state index in [0.717, 1.165) is 24.0 Å². The van der Waals surface area contributed by atoms with Crippen molar-refractivity contribution in [3.8, 4) is 5.75 Å². The van der Waals surface area contributed by atoms with Gasteiger partial charge >= 0.3 is 0 Å². The Bertz CT molecular complexity index is 683. The first-order chi connectivity index (χ1) is 12.1. The highest BCUT2D eigenvalue weighted by Crippen LogP contribution is 2.73. The third-order valence-corrected chi connectivity index (χ3v) is 9.02. The van der Waals surface area contributed by atoms with Crippen LogP contribution in [0.15, 0.2) is 18.2 Å². The quantitative estimate of drug-likeness (QED) is 0.772. The molecule has 0 aliphatic heterocycles. The van der Waals surface area contributed by atoms with Gasteiger partial charge in [0, 0.05) is 0 Å². The Hall–Kier alpha value is -1.02. The van der Waals surface area contributed by atoms with Crippen molar-refractivity contribution in [3.63, 3.8) is 0 Å². The zero-order valence-electron chi connectivity index (χ0n) is 15.8. The van der Waals surface area contributed by atoms with E-state index in [4.69, 9.17) is 4.74 Å². The predicted octanol–water partition coefficient (Wildman–Crippen LogP) is 5.08. The van der Waals surface area contributed by atoms with Crippen molar-refractivity contribution >= 4 is 0 Å². The first kappa shape index (κ1) is 16.2. The predicted molar refractivity (Wildman–Crippen MR) is 99.9 cm³/mol. The lowest BCUT2D eigenvalue weighted by Crippen LogP contribution is -2.55. The monoisotopic (exact) mass is 340 g/mol. The number of rotatable bonds is 1. The molecule has 0 aromatic heterocycles. The highest BCUT2D eigenvalue weighted by molar-refractivity contribution is 5.41. The Morgan fingerprint density at radius 1 is 1.12 bits per heavy atom. The lowest BCUT2D eigenvalue weighted by Gasteiger charge is -2.61. The molecular formula is C23H32O2. The first-order valence-corrected chi connectivity index (χ1v) is 10.4. The Morgan fingerprint density at radius 3 is 2.84 bits per heavy atom. The van der Waals surface area contributed by atoms with E-state index in [1.807, 2.05) is 0 Å². The van der Waals surface area contributed by atoms with Crippen molar-refractivity contribution < 1.29 is 9.84 Å². The molecule has 4 aliphatic carbocycles. The van der Waals surface area contributed by atoms with Crippen LogP contribution in [0.25, 0.3) is 0 Å². The second kappa shape index (κ2) is 5.49. The van der Waals surface area contributed by atoms with Gasteiger partial charge in [0.05, 0.1) is 13.2 Å². The number of aliphatic hydroxyl groups excluding tert-OH is 1. The summed E-state index contributed by atoms with van der Waals surface area (Å²) >= 11 is 0. The van der Waals surface area contributed by atoms with Gasteiger partial charge in [-0.05, 0) is 96.8 Å². The van der Waals surface area contributed by atoms with Crippen molar-refractivity contribution in [3.05, 3.63) is 29.3 Å². The Morgan fingerprint density at radius 2 is 2.00 bits per heavy atom. The topological polar surface area (TPSA) is 29.5 Å². The molecule has 1 aromatic carbocycles. The van der Waals surface area contributed by atoms with E-state index in [0.29, 0.717) is 11.3 Å². The molecule has 3 saturated carbocycles. The summed E-state index contributed by atoms with van der Waals surface area (Å²) in [5.41, 5.74) is 3.67. The Kier molecular flexibility index (Phi) is 3.55. The third-order valence-electron chi connectivity index (χ3n) is 9.02. The van der Waals surface area contributed by atoms with Crippen LogP contribution in [0.3, 0.4) is 0 Å². The molecule has 2 nitrogen and oxygen atoms in total. The zero-order chi connectivity index (χ0) is 17.2. The number of aliphatic hydroxyl groups is 1. The number of benzene rings is 1. The summed E-state index contributed by atoms with van der Waals surface area (Å²) in [6.07, 6.45) is 11.4. The number of ether oxygens (including phenoxy) is 1. The highest BCUT2D eigenvalue weighted by atomic mass is 16.5. The summed E-state index contributed by atoms with van der Waals surface area (Å²) in [7, 11) is 1.77. The highest BCUT2D eigenvalue weighted by Gasteiger charge is 2.68. The lowest BCUT2D eigenvalue weighted by atomic mass is 9.43. The van der Waals surface area contributed by atoms with Crippen molar-refractivity contribution in [1.29, 1.82) is 0 Å².